The lowest BCUT2D eigenvalue weighted by Gasteiger charge is -2.24. The Morgan fingerprint density at radius 3 is 2.90 bits per heavy atom. The van der Waals surface area contributed by atoms with Crippen LogP contribution in [0.3, 0.4) is 0 Å². The van der Waals surface area contributed by atoms with Crippen LogP contribution in [0.2, 0.25) is 0 Å². The molecule has 0 aromatic rings. The standard InChI is InChI=1S/C8H12BrN/c1-2-8(9)5-3-4-7(10)6-8/h3-5H,2,6,10H2,1H3. The summed E-state index contributed by atoms with van der Waals surface area (Å²) in [5.41, 5.74) is 6.63. The number of hydrogen-bond acceptors (Lipinski definition) is 1. The maximum absolute atomic E-state index is 5.67. The summed E-state index contributed by atoms with van der Waals surface area (Å²) in [5.74, 6) is 0. The largest absolute Gasteiger partial charge is 0.402 e. The van der Waals surface area contributed by atoms with Gasteiger partial charge in [-0.1, -0.05) is 35.0 Å². The summed E-state index contributed by atoms with van der Waals surface area (Å²) in [7, 11) is 0. The van der Waals surface area contributed by atoms with Crippen LogP contribution in [0.15, 0.2) is 23.9 Å². The second-order valence-electron chi connectivity index (χ2n) is 2.67. The Balaban J connectivity index is 2.71. The van der Waals surface area contributed by atoms with Crippen molar-refractivity contribution >= 4 is 15.9 Å². The van der Waals surface area contributed by atoms with E-state index in [4.69, 9.17) is 5.73 Å². The monoisotopic (exact) mass is 201 g/mol. The minimum absolute atomic E-state index is 0.131. The number of halogens is 1. The molecule has 1 atom stereocenters. The molecule has 0 aromatic carbocycles. The van der Waals surface area contributed by atoms with E-state index in [1.807, 2.05) is 12.2 Å². The molecular formula is C8H12BrN. The number of allylic oxidation sites excluding steroid dienone is 4. The first-order chi connectivity index (χ1) is 4.66. The van der Waals surface area contributed by atoms with E-state index in [0.29, 0.717) is 0 Å². The molecule has 0 saturated carbocycles. The van der Waals surface area contributed by atoms with E-state index < -0.39 is 0 Å². The molecule has 1 nitrogen and oxygen atoms in total. The molecule has 1 rings (SSSR count). The molecule has 2 heteroatoms. The molecule has 0 spiro atoms. The summed E-state index contributed by atoms with van der Waals surface area (Å²) in [6.07, 6.45) is 8.13. The number of alkyl halides is 1. The van der Waals surface area contributed by atoms with Crippen molar-refractivity contribution in [3.05, 3.63) is 23.9 Å². The fourth-order valence-electron chi connectivity index (χ4n) is 1.04. The number of nitrogens with two attached hydrogens (primary N) is 1. The average Bonchev–Trinajstić information content (AvgIpc) is 1.88. The highest BCUT2D eigenvalue weighted by atomic mass is 79.9. The molecule has 0 saturated heterocycles. The Morgan fingerprint density at radius 1 is 1.80 bits per heavy atom. The molecule has 56 valence electrons. The quantitative estimate of drug-likeness (QED) is 0.649. The number of rotatable bonds is 1. The lowest BCUT2D eigenvalue weighted by atomic mass is 9.96. The fourth-order valence-corrected chi connectivity index (χ4v) is 1.52. The van der Waals surface area contributed by atoms with Gasteiger partial charge in [0.2, 0.25) is 0 Å². The first-order valence-corrected chi connectivity index (χ1v) is 4.28. The first kappa shape index (κ1) is 7.86. The zero-order valence-corrected chi connectivity index (χ0v) is 7.69. The van der Waals surface area contributed by atoms with Crippen LogP contribution < -0.4 is 5.73 Å². The van der Waals surface area contributed by atoms with Gasteiger partial charge in [-0.3, -0.25) is 0 Å². The van der Waals surface area contributed by atoms with Gasteiger partial charge in [-0.15, -0.1) is 0 Å². The molecule has 0 amide bonds. The smallest absolute Gasteiger partial charge is 0.0491 e. The van der Waals surface area contributed by atoms with Gasteiger partial charge >= 0.3 is 0 Å². The highest BCUT2D eigenvalue weighted by Crippen LogP contribution is 2.32. The van der Waals surface area contributed by atoms with Gasteiger partial charge in [0.05, 0.1) is 0 Å². The van der Waals surface area contributed by atoms with E-state index in [2.05, 4.69) is 28.9 Å². The normalized spacial score (nSPS) is 32.0. The van der Waals surface area contributed by atoms with Crippen molar-refractivity contribution in [1.82, 2.24) is 0 Å². The topological polar surface area (TPSA) is 26.0 Å². The van der Waals surface area contributed by atoms with Crippen LogP contribution in [0.25, 0.3) is 0 Å². The molecule has 0 aliphatic heterocycles. The molecule has 1 aliphatic rings. The first-order valence-electron chi connectivity index (χ1n) is 3.49. The zero-order valence-electron chi connectivity index (χ0n) is 6.10. The third kappa shape index (κ3) is 1.63. The van der Waals surface area contributed by atoms with Crippen molar-refractivity contribution in [2.45, 2.75) is 24.1 Å². The number of hydrogen-bond donors (Lipinski definition) is 1. The van der Waals surface area contributed by atoms with Crippen molar-refractivity contribution in [2.24, 2.45) is 5.73 Å². The second-order valence-corrected chi connectivity index (χ2v) is 4.24. The lowest BCUT2D eigenvalue weighted by molar-refractivity contribution is 0.677. The average molecular weight is 202 g/mol. The molecule has 0 heterocycles. The highest BCUT2D eigenvalue weighted by molar-refractivity contribution is 9.10. The van der Waals surface area contributed by atoms with Crippen LogP contribution in [-0.2, 0) is 0 Å². The van der Waals surface area contributed by atoms with Gasteiger partial charge in [0, 0.05) is 16.4 Å². The van der Waals surface area contributed by atoms with Crippen molar-refractivity contribution in [3.8, 4) is 0 Å². The summed E-state index contributed by atoms with van der Waals surface area (Å²) in [6.45, 7) is 2.15. The molecule has 10 heavy (non-hydrogen) atoms. The van der Waals surface area contributed by atoms with Gasteiger partial charge in [0.25, 0.3) is 0 Å². The van der Waals surface area contributed by atoms with Gasteiger partial charge < -0.3 is 5.73 Å². The maximum atomic E-state index is 5.67. The zero-order chi connectivity index (χ0) is 7.61. The predicted molar refractivity (Wildman–Crippen MR) is 48.0 cm³/mol. The van der Waals surface area contributed by atoms with Gasteiger partial charge in [-0.2, -0.15) is 0 Å². The Labute approximate surface area is 70.1 Å². The summed E-state index contributed by atoms with van der Waals surface area (Å²) < 4.78 is 0.131. The minimum atomic E-state index is 0.131. The van der Waals surface area contributed by atoms with Crippen LogP contribution in [0.4, 0.5) is 0 Å². The van der Waals surface area contributed by atoms with Gasteiger partial charge in [-0.05, 0) is 12.5 Å². The van der Waals surface area contributed by atoms with Crippen molar-refractivity contribution < 1.29 is 0 Å². The van der Waals surface area contributed by atoms with E-state index in [1.54, 1.807) is 0 Å². The third-order valence-corrected chi connectivity index (χ3v) is 2.90. The van der Waals surface area contributed by atoms with Crippen molar-refractivity contribution in [3.63, 3.8) is 0 Å². The summed E-state index contributed by atoms with van der Waals surface area (Å²) in [6, 6.07) is 0. The van der Waals surface area contributed by atoms with E-state index >= 15 is 0 Å². The Hall–Kier alpha value is -0.240. The minimum Gasteiger partial charge on any atom is -0.402 e. The van der Waals surface area contributed by atoms with Crippen LogP contribution in [-0.4, -0.2) is 4.32 Å². The van der Waals surface area contributed by atoms with E-state index in [0.717, 1.165) is 18.5 Å². The SMILES string of the molecule is CCC1(Br)C=CC=C(N)C1. The van der Waals surface area contributed by atoms with Crippen LogP contribution in [0, 0.1) is 0 Å². The fraction of sp³-hybridized carbons (Fsp3) is 0.500. The molecule has 0 bridgehead atoms. The molecule has 1 unspecified atom stereocenters. The van der Waals surface area contributed by atoms with Crippen LogP contribution in [0.1, 0.15) is 19.8 Å². The Morgan fingerprint density at radius 2 is 2.50 bits per heavy atom. The molecule has 0 radical (unpaired) electrons. The van der Waals surface area contributed by atoms with Gasteiger partial charge in [0.15, 0.2) is 0 Å². The van der Waals surface area contributed by atoms with Crippen molar-refractivity contribution in [1.29, 1.82) is 0 Å². The summed E-state index contributed by atoms with van der Waals surface area (Å²) in [4.78, 5) is 0. The molecule has 2 N–H and O–H groups in total. The predicted octanol–water partition coefficient (Wildman–Crippen LogP) is 2.33. The Bertz CT molecular complexity index is 184. The molecule has 0 aromatic heterocycles. The second kappa shape index (κ2) is 2.79. The Kier molecular flexibility index (Phi) is 2.19. The molecule has 0 fully saturated rings. The van der Waals surface area contributed by atoms with Gasteiger partial charge in [-0.25, -0.2) is 0 Å². The maximum Gasteiger partial charge on any atom is 0.0491 e. The van der Waals surface area contributed by atoms with Crippen LogP contribution >= 0.6 is 15.9 Å². The highest BCUT2D eigenvalue weighted by Gasteiger charge is 2.22. The van der Waals surface area contributed by atoms with Crippen LogP contribution in [0.5, 0.6) is 0 Å². The lowest BCUT2D eigenvalue weighted by Crippen LogP contribution is -2.21. The summed E-state index contributed by atoms with van der Waals surface area (Å²) >= 11 is 3.63. The molecular weight excluding hydrogens is 190 g/mol. The summed E-state index contributed by atoms with van der Waals surface area (Å²) in [5, 5.41) is 0. The van der Waals surface area contributed by atoms with E-state index in [9.17, 15) is 0 Å². The molecule has 1 aliphatic carbocycles. The third-order valence-electron chi connectivity index (χ3n) is 1.79. The van der Waals surface area contributed by atoms with Gasteiger partial charge in [0.1, 0.15) is 0 Å². The van der Waals surface area contributed by atoms with E-state index in [1.165, 1.54) is 0 Å². The van der Waals surface area contributed by atoms with Crippen molar-refractivity contribution in [2.75, 3.05) is 0 Å². The van der Waals surface area contributed by atoms with E-state index in [-0.39, 0.29) is 4.32 Å².